The molecule has 0 aliphatic carbocycles. The summed E-state index contributed by atoms with van der Waals surface area (Å²) in [6.45, 7) is 5.32. The number of hydrogen-bond acceptors (Lipinski definition) is 4. The highest BCUT2D eigenvalue weighted by atomic mass is 16.3. The molecule has 1 aliphatic heterocycles. The quantitative estimate of drug-likeness (QED) is 0.836. The smallest absolute Gasteiger partial charge is 0.0991 e. The summed E-state index contributed by atoms with van der Waals surface area (Å²) < 4.78 is 0. The van der Waals surface area contributed by atoms with E-state index in [1.165, 1.54) is 16.8 Å². The third-order valence-electron chi connectivity index (χ3n) is 5.33. The van der Waals surface area contributed by atoms with Gasteiger partial charge in [0, 0.05) is 38.0 Å². The van der Waals surface area contributed by atoms with Gasteiger partial charge in [-0.15, -0.1) is 0 Å². The molecule has 1 aliphatic rings. The lowest BCUT2D eigenvalue weighted by atomic mass is 9.97. The minimum absolute atomic E-state index is 0.236. The Morgan fingerprint density at radius 2 is 1.77 bits per heavy atom. The number of benzene rings is 2. The third kappa shape index (κ3) is 4.63. The molecule has 3 rings (SSSR count). The van der Waals surface area contributed by atoms with Crippen LogP contribution in [-0.4, -0.2) is 24.8 Å². The second kappa shape index (κ2) is 8.84. The lowest BCUT2D eigenvalue weighted by molar-refractivity contribution is 0.203. The van der Waals surface area contributed by atoms with Crippen LogP contribution in [0.2, 0.25) is 0 Å². The summed E-state index contributed by atoms with van der Waals surface area (Å²) in [5, 5.41) is 21.7. The average molecular weight is 349 g/mol. The predicted octanol–water partition coefficient (Wildman–Crippen LogP) is 3.62. The topological polar surface area (TPSA) is 59.3 Å². The van der Waals surface area contributed by atoms with Crippen molar-refractivity contribution in [3.05, 3.63) is 65.2 Å². The highest BCUT2D eigenvalue weighted by molar-refractivity contribution is 5.48. The molecule has 2 aromatic carbocycles. The Kier molecular flexibility index (Phi) is 6.27. The molecule has 1 fully saturated rings. The largest absolute Gasteiger partial charge is 0.396 e. The minimum atomic E-state index is 0.236. The van der Waals surface area contributed by atoms with E-state index in [2.05, 4.69) is 47.5 Å². The van der Waals surface area contributed by atoms with Crippen LogP contribution in [-0.2, 0) is 6.54 Å². The van der Waals surface area contributed by atoms with Crippen LogP contribution in [0.25, 0.3) is 0 Å². The Hall–Kier alpha value is -2.35. The number of aliphatic hydroxyl groups excluding tert-OH is 1. The zero-order chi connectivity index (χ0) is 18.4. The molecule has 2 N–H and O–H groups in total. The highest BCUT2D eigenvalue weighted by Crippen LogP contribution is 2.23. The van der Waals surface area contributed by atoms with Gasteiger partial charge in [-0.3, -0.25) is 0 Å². The Balaban J connectivity index is 1.52. The summed E-state index contributed by atoms with van der Waals surface area (Å²) >= 11 is 0. The summed E-state index contributed by atoms with van der Waals surface area (Å²) in [5.74, 6) is 0.471. The number of rotatable bonds is 6. The van der Waals surface area contributed by atoms with Crippen LogP contribution in [0.1, 0.15) is 42.5 Å². The van der Waals surface area contributed by atoms with Gasteiger partial charge >= 0.3 is 0 Å². The maximum absolute atomic E-state index is 9.26. The monoisotopic (exact) mass is 349 g/mol. The molecule has 0 bridgehead atoms. The molecule has 1 atom stereocenters. The van der Waals surface area contributed by atoms with Gasteiger partial charge in [-0.05, 0) is 61.1 Å². The molecule has 0 spiro atoms. The maximum atomic E-state index is 9.26. The molecule has 1 heterocycles. The molecule has 136 valence electrons. The molecule has 0 amide bonds. The fraction of sp³-hybridized carbons (Fsp3) is 0.409. The minimum Gasteiger partial charge on any atom is -0.396 e. The lowest BCUT2D eigenvalue weighted by Gasteiger charge is -2.33. The van der Waals surface area contributed by atoms with E-state index in [-0.39, 0.29) is 6.04 Å². The number of nitrogens with zero attached hydrogens (tertiary/aromatic N) is 2. The third-order valence-corrected chi connectivity index (χ3v) is 5.33. The fourth-order valence-corrected chi connectivity index (χ4v) is 3.43. The number of aliphatic hydroxyl groups is 1. The first-order valence-corrected chi connectivity index (χ1v) is 9.38. The lowest BCUT2D eigenvalue weighted by Crippen LogP contribution is -2.34. The van der Waals surface area contributed by atoms with E-state index in [4.69, 9.17) is 5.26 Å². The Labute approximate surface area is 156 Å². The summed E-state index contributed by atoms with van der Waals surface area (Å²) in [6.07, 6.45) is 2.14. The van der Waals surface area contributed by atoms with E-state index in [9.17, 15) is 5.11 Å². The van der Waals surface area contributed by atoms with E-state index < -0.39 is 0 Å². The van der Waals surface area contributed by atoms with Gasteiger partial charge in [0.2, 0.25) is 0 Å². The van der Waals surface area contributed by atoms with Crippen molar-refractivity contribution in [3.8, 4) is 6.07 Å². The van der Waals surface area contributed by atoms with Gasteiger partial charge in [-0.25, -0.2) is 0 Å². The molecule has 2 aromatic rings. The molecular weight excluding hydrogens is 322 g/mol. The van der Waals surface area contributed by atoms with Crippen LogP contribution < -0.4 is 10.2 Å². The van der Waals surface area contributed by atoms with Crippen LogP contribution in [0.4, 0.5) is 5.69 Å². The van der Waals surface area contributed by atoms with Crippen molar-refractivity contribution in [2.45, 2.75) is 32.4 Å². The number of nitrogens with one attached hydrogen (secondary N) is 1. The van der Waals surface area contributed by atoms with Crippen molar-refractivity contribution >= 4 is 5.69 Å². The Morgan fingerprint density at radius 1 is 1.12 bits per heavy atom. The van der Waals surface area contributed by atoms with Gasteiger partial charge in [0.05, 0.1) is 11.6 Å². The Morgan fingerprint density at radius 3 is 2.35 bits per heavy atom. The zero-order valence-electron chi connectivity index (χ0n) is 15.4. The molecule has 0 saturated carbocycles. The van der Waals surface area contributed by atoms with Crippen molar-refractivity contribution in [1.29, 1.82) is 5.26 Å². The van der Waals surface area contributed by atoms with Crippen LogP contribution in [0, 0.1) is 17.2 Å². The molecule has 0 radical (unpaired) electrons. The molecule has 4 heteroatoms. The SMILES string of the molecule is CC(NCc1ccc(N2CCC(CO)CC2)cc1)c1ccc(C#N)cc1. The first-order chi connectivity index (χ1) is 12.7. The van der Waals surface area contributed by atoms with Gasteiger partial charge in [0.25, 0.3) is 0 Å². The summed E-state index contributed by atoms with van der Waals surface area (Å²) in [7, 11) is 0. The number of piperidine rings is 1. The van der Waals surface area contributed by atoms with Crippen LogP contribution >= 0.6 is 0 Å². The predicted molar refractivity (Wildman–Crippen MR) is 105 cm³/mol. The molecular formula is C22H27N3O. The van der Waals surface area contributed by atoms with Crippen LogP contribution in [0.3, 0.4) is 0 Å². The molecule has 26 heavy (non-hydrogen) atoms. The molecule has 1 saturated heterocycles. The van der Waals surface area contributed by atoms with Crippen LogP contribution in [0.5, 0.6) is 0 Å². The van der Waals surface area contributed by atoms with E-state index in [0.717, 1.165) is 32.5 Å². The zero-order valence-corrected chi connectivity index (χ0v) is 15.4. The summed E-state index contributed by atoms with van der Waals surface area (Å²) in [6, 6.07) is 18.9. The van der Waals surface area contributed by atoms with Crippen molar-refractivity contribution < 1.29 is 5.11 Å². The van der Waals surface area contributed by atoms with Gasteiger partial charge < -0.3 is 15.3 Å². The second-order valence-corrected chi connectivity index (χ2v) is 7.12. The standard InChI is InChI=1S/C22H27N3O/c1-17(21-6-2-18(14-23)3-7-21)24-15-19-4-8-22(9-5-19)25-12-10-20(16-26)11-13-25/h2-9,17,20,24,26H,10-13,15-16H2,1H3. The molecule has 0 aromatic heterocycles. The normalized spacial score (nSPS) is 16.3. The van der Waals surface area contributed by atoms with E-state index >= 15 is 0 Å². The number of nitriles is 1. The highest BCUT2D eigenvalue weighted by Gasteiger charge is 2.18. The average Bonchev–Trinajstić information content (AvgIpc) is 2.72. The van der Waals surface area contributed by atoms with Crippen molar-refractivity contribution in [1.82, 2.24) is 5.32 Å². The Bertz CT molecular complexity index is 725. The molecule has 1 unspecified atom stereocenters. The van der Waals surface area contributed by atoms with Crippen LogP contribution in [0.15, 0.2) is 48.5 Å². The van der Waals surface area contributed by atoms with Gasteiger partial charge in [0.1, 0.15) is 0 Å². The number of hydrogen-bond donors (Lipinski definition) is 2. The van der Waals surface area contributed by atoms with Gasteiger partial charge in [-0.2, -0.15) is 5.26 Å². The summed E-state index contributed by atoms with van der Waals surface area (Å²) in [4.78, 5) is 2.41. The first kappa shape index (κ1) is 18.4. The van der Waals surface area contributed by atoms with E-state index in [1.807, 2.05) is 24.3 Å². The summed E-state index contributed by atoms with van der Waals surface area (Å²) in [5.41, 5.74) is 4.41. The maximum Gasteiger partial charge on any atom is 0.0991 e. The van der Waals surface area contributed by atoms with E-state index in [1.54, 1.807) is 0 Å². The second-order valence-electron chi connectivity index (χ2n) is 7.12. The first-order valence-electron chi connectivity index (χ1n) is 9.38. The van der Waals surface area contributed by atoms with Crippen molar-refractivity contribution in [2.24, 2.45) is 5.92 Å². The van der Waals surface area contributed by atoms with E-state index in [0.29, 0.717) is 18.1 Å². The fourth-order valence-electron chi connectivity index (χ4n) is 3.43. The van der Waals surface area contributed by atoms with Crippen molar-refractivity contribution in [2.75, 3.05) is 24.6 Å². The van der Waals surface area contributed by atoms with Gasteiger partial charge in [0.15, 0.2) is 0 Å². The van der Waals surface area contributed by atoms with Gasteiger partial charge in [-0.1, -0.05) is 24.3 Å². The molecule has 4 nitrogen and oxygen atoms in total. The van der Waals surface area contributed by atoms with Crippen molar-refractivity contribution in [3.63, 3.8) is 0 Å². The number of anilines is 1.